The van der Waals surface area contributed by atoms with Crippen LogP contribution in [0.2, 0.25) is 0 Å². The number of fused-ring (bicyclic) bond motifs is 1. The van der Waals surface area contributed by atoms with Crippen molar-refractivity contribution in [3.63, 3.8) is 0 Å². The zero-order chi connectivity index (χ0) is 18.3. The molecule has 5 nitrogen and oxygen atoms in total. The van der Waals surface area contributed by atoms with Crippen molar-refractivity contribution in [2.45, 2.75) is 52.7 Å². The molecule has 0 bridgehead atoms. The lowest BCUT2D eigenvalue weighted by Crippen LogP contribution is -2.23. The first kappa shape index (κ1) is 16.9. The Kier molecular flexibility index (Phi) is 4.31. The summed E-state index contributed by atoms with van der Waals surface area (Å²) in [5.74, 6) is 0. The largest absolute Gasteiger partial charge is 0.371 e. The molecule has 4 rings (SSSR count). The number of aromatic nitrogens is 4. The number of anilines is 1. The number of imidazole rings is 1. The van der Waals surface area contributed by atoms with Gasteiger partial charge in [0.05, 0.1) is 23.9 Å². The fourth-order valence-corrected chi connectivity index (χ4v) is 3.98. The average molecular weight is 349 g/mol. The second kappa shape index (κ2) is 6.63. The quantitative estimate of drug-likeness (QED) is 0.703. The Hall–Kier alpha value is -2.56. The van der Waals surface area contributed by atoms with E-state index in [2.05, 4.69) is 69.4 Å². The zero-order valence-corrected chi connectivity index (χ0v) is 16.1. The van der Waals surface area contributed by atoms with Gasteiger partial charge < -0.3 is 9.47 Å². The highest BCUT2D eigenvalue weighted by molar-refractivity contribution is 5.69. The van der Waals surface area contributed by atoms with Gasteiger partial charge in [0.15, 0.2) is 0 Å². The molecule has 0 saturated carbocycles. The Balaban J connectivity index is 1.49. The van der Waals surface area contributed by atoms with E-state index in [1.165, 1.54) is 28.2 Å². The molecule has 3 aromatic rings. The number of rotatable bonds is 5. The predicted octanol–water partition coefficient (Wildman–Crippen LogP) is 3.83. The zero-order valence-electron chi connectivity index (χ0n) is 16.1. The number of aryl methyl sites for hydroxylation is 4. The van der Waals surface area contributed by atoms with Crippen molar-refractivity contribution >= 4 is 5.69 Å². The standard InChI is InChI=1S/C21H27N5/c1-15-10-17(3)26(23-15)9-5-8-25-14-22-13-21(25)18-6-7-20-19(12-18)11-16(2)24(20)4/h6-7,10,12-14,16H,5,8-9,11H2,1-4H3/t16-/m1/s1. The molecular weight excluding hydrogens is 322 g/mol. The van der Waals surface area contributed by atoms with E-state index < -0.39 is 0 Å². The highest BCUT2D eigenvalue weighted by atomic mass is 15.3. The normalized spacial score (nSPS) is 16.3. The molecule has 5 heteroatoms. The third kappa shape index (κ3) is 3.02. The van der Waals surface area contributed by atoms with Crippen LogP contribution in [0.3, 0.4) is 0 Å². The van der Waals surface area contributed by atoms with E-state index in [1.54, 1.807) is 0 Å². The molecule has 0 amide bonds. The van der Waals surface area contributed by atoms with Crippen LogP contribution in [0.1, 0.15) is 30.3 Å². The van der Waals surface area contributed by atoms with Gasteiger partial charge in [-0.1, -0.05) is 6.07 Å². The van der Waals surface area contributed by atoms with Gasteiger partial charge in [-0.25, -0.2) is 4.98 Å². The van der Waals surface area contributed by atoms with Crippen molar-refractivity contribution in [1.29, 1.82) is 0 Å². The van der Waals surface area contributed by atoms with E-state index in [0.29, 0.717) is 6.04 Å². The molecule has 2 aromatic heterocycles. The first-order chi connectivity index (χ1) is 12.5. The van der Waals surface area contributed by atoms with Crippen LogP contribution in [0.25, 0.3) is 11.3 Å². The first-order valence-corrected chi connectivity index (χ1v) is 9.40. The molecule has 1 aromatic carbocycles. The lowest BCUT2D eigenvalue weighted by atomic mass is 10.1. The van der Waals surface area contributed by atoms with Gasteiger partial charge in [-0.15, -0.1) is 0 Å². The van der Waals surface area contributed by atoms with Gasteiger partial charge in [0.25, 0.3) is 0 Å². The molecule has 0 aliphatic carbocycles. The monoisotopic (exact) mass is 349 g/mol. The number of hydrogen-bond acceptors (Lipinski definition) is 3. The average Bonchev–Trinajstić information content (AvgIpc) is 3.27. The summed E-state index contributed by atoms with van der Waals surface area (Å²) in [5.41, 5.74) is 7.57. The molecular formula is C21H27N5. The summed E-state index contributed by atoms with van der Waals surface area (Å²) in [6.07, 6.45) is 6.08. The van der Waals surface area contributed by atoms with Crippen molar-refractivity contribution in [3.8, 4) is 11.3 Å². The van der Waals surface area contributed by atoms with Crippen LogP contribution >= 0.6 is 0 Å². The minimum Gasteiger partial charge on any atom is -0.371 e. The van der Waals surface area contributed by atoms with Crippen LogP contribution in [0.15, 0.2) is 36.8 Å². The SMILES string of the molecule is Cc1cc(C)n(CCCn2cncc2-c2ccc3c(c2)C[C@@H](C)N3C)n1. The fourth-order valence-electron chi connectivity index (χ4n) is 3.98. The number of nitrogens with zero attached hydrogens (tertiary/aromatic N) is 5. The van der Waals surface area contributed by atoms with Gasteiger partial charge >= 0.3 is 0 Å². The summed E-state index contributed by atoms with van der Waals surface area (Å²) in [6, 6.07) is 9.52. The van der Waals surface area contributed by atoms with Crippen molar-refractivity contribution in [1.82, 2.24) is 19.3 Å². The van der Waals surface area contributed by atoms with Crippen LogP contribution in [0, 0.1) is 13.8 Å². The number of likely N-dealkylation sites (N-methyl/N-ethyl adjacent to an activating group) is 1. The van der Waals surface area contributed by atoms with Crippen LogP contribution in [0.5, 0.6) is 0 Å². The summed E-state index contributed by atoms with van der Waals surface area (Å²) in [5, 5.41) is 4.55. The molecule has 0 spiro atoms. The third-order valence-electron chi connectivity index (χ3n) is 5.52. The Bertz CT molecular complexity index is 920. The summed E-state index contributed by atoms with van der Waals surface area (Å²) in [7, 11) is 2.18. The highest BCUT2D eigenvalue weighted by Gasteiger charge is 2.23. The van der Waals surface area contributed by atoms with E-state index in [9.17, 15) is 0 Å². The van der Waals surface area contributed by atoms with Crippen LogP contribution in [-0.2, 0) is 19.5 Å². The van der Waals surface area contributed by atoms with Crippen LogP contribution in [0.4, 0.5) is 5.69 Å². The summed E-state index contributed by atoms with van der Waals surface area (Å²) in [6.45, 7) is 8.32. The van der Waals surface area contributed by atoms with Crippen molar-refractivity contribution < 1.29 is 0 Å². The maximum atomic E-state index is 4.55. The van der Waals surface area contributed by atoms with E-state index in [0.717, 1.165) is 31.6 Å². The minimum atomic E-state index is 0.575. The molecule has 1 aliphatic rings. The molecule has 136 valence electrons. The second-order valence-electron chi connectivity index (χ2n) is 7.48. The maximum absolute atomic E-state index is 4.55. The van der Waals surface area contributed by atoms with E-state index in [-0.39, 0.29) is 0 Å². The van der Waals surface area contributed by atoms with Crippen molar-refractivity contribution in [2.75, 3.05) is 11.9 Å². The van der Waals surface area contributed by atoms with Crippen molar-refractivity contribution in [2.24, 2.45) is 0 Å². The van der Waals surface area contributed by atoms with Gasteiger partial charge in [-0.2, -0.15) is 5.10 Å². The first-order valence-electron chi connectivity index (χ1n) is 9.40. The van der Waals surface area contributed by atoms with Crippen LogP contribution in [-0.4, -0.2) is 32.4 Å². The van der Waals surface area contributed by atoms with Gasteiger partial charge in [0.1, 0.15) is 0 Å². The van der Waals surface area contributed by atoms with E-state index in [4.69, 9.17) is 0 Å². The van der Waals surface area contributed by atoms with Crippen LogP contribution < -0.4 is 4.90 Å². The Morgan fingerprint density at radius 2 is 2.00 bits per heavy atom. The molecule has 0 unspecified atom stereocenters. The molecule has 0 fully saturated rings. The molecule has 1 aliphatic heterocycles. The fraction of sp³-hybridized carbons (Fsp3) is 0.429. The molecule has 0 N–H and O–H groups in total. The summed E-state index contributed by atoms with van der Waals surface area (Å²) >= 11 is 0. The Labute approximate surface area is 155 Å². The number of hydrogen-bond donors (Lipinski definition) is 0. The number of benzene rings is 1. The lowest BCUT2D eigenvalue weighted by Gasteiger charge is -2.18. The minimum absolute atomic E-state index is 0.575. The molecule has 1 atom stereocenters. The second-order valence-corrected chi connectivity index (χ2v) is 7.48. The highest BCUT2D eigenvalue weighted by Crippen LogP contribution is 2.34. The topological polar surface area (TPSA) is 38.9 Å². The Morgan fingerprint density at radius 1 is 1.15 bits per heavy atom. The molecule has 3 heterocycles. The van der Waals surface area contributed by atoms with Crippen molar-refractivity contribution in [3.05, 3.63) is 53.7 Å². The maximum Gasteiger partial charge on any atom is 0.0950 e. The van der Waals surface area contributed by atoms with Gasteiger partial charge in [0, 0.05) is 43.1 Å². The van der Waals surface area contributed by atoms with E-state index in [1.807, 2.05) is 19.4 Å². The Morgan fingerprint density at radius 3 is 2.77 bits per heavy atom. The molecule has 0 radical (unpaired) electrons. The lowest BCUT2D eigenvalue weighted by molar-refractivity contribution is 0.518. The van der Waals surface area contributed by atoms with Gasteiger partial charge in [-0.05, 0) is 57.4 Å². The summed E-state index contributed by atoms with van der Waals surface area (Å²) in [4.78, 5) is 6.77. The van der Waals surface area contributed by atoms with Gasteiger partial charge in [-0.3, -0.25) is 4.68 Å². The smallest absolute Gasteiger partial charge is 0.0950 e. The molecule has 0 saturated heterocycles. The predicted molar refractivity (Wildman–Crippen MR) is 106 cm³/mol. The summed E-state index contributed by atoms with van der Waals surface area (Å²) < 4.78 is 4.36. The van der Waals surface area contributed by atoms with Gasteiger partial charge in [0.2, 0.25) is 0 Å². The van der Waals surface area contributed by atoms with E-state index >= 15 is 0 Å². The third-order valence-corrected chi connectivity index (χ3v) is 5.52. The molecule has 26 heavy (non-hydrogen) atoms.